The second-order valence-electron chi connectivity index (χ2n) is 17.6. The maximum atomic E-state index is 14.7. The molecule has 0 amide bonds. The molecule has 0 spiro atoms. The molecule has 0 heterocycles. The predicted molar refractivity (Wildman–Crippen MR) is 256 cm³/mol. The molecule has 0 aliphatic rings. The van der Waals surface area contributed by atoms with Crippen LogP contribution in [0.1, 0.15) is 81.8 Å². The second kappa shape index (κ2) is 24.8. The van der Waals surface area contributed by atoms with Gasteiger partial charge in [-0.05, 0) is 135 Å². The van der Waals surface area contributed by atoms with Crippen molar-refractivity contribution in [1.29, 1.82) is 0 Å². The monoisotopic (exact) mass is 1090 g/mol. The molecule has 6 aromatic carbocycles. The van der Waals surface area contributed by atoms with Crippen molar-refractivity contribution >= 4 is 11.9 Å². The molecule has 6 rings (SSSR count). The van der Waals surface area contributed by atoms with Crippen LogP contribution < -0.4 is 24.7 Å². The lowest BCUT2D eigenvalue weighted by Crippen LogP contribution is -2.41. The van der Waals surface area contributed by atoms with Crippen LogP contribution in [0.3, 0.4) is 0 Å². The van der Waals surface area contributed by atoms with E-state index in [0.29, 0.717) is 23.3 Å². The molecule has 22 heteroatoms. The number of methoxy groups -OCH3 is 2. The Kier molecular flexibility index (Phi) is 19.3. The number of esters is 2. The minimum Gasteiger partial charge on any atom is -0.488 e. The van der Waals surface area contributed by atoms with Crippen molar-refractivity contribution in [2.24, 2.45) is 5.73 Å². The lowest BCUT2D eigenvalue weighted by molar-refractivity contribution is -0.253. The molecule has 0 saturated heterocycles. The normalized spacial score (nSPS) is 13.2. The highest BCUT2D eigenvalue weighted by Crippen LogP contribution is 2.43. The van der Waals surface area contributed by atoms with Crippen LogP contribution in [-0.2, 0) is 33.4 Å². The van der Waals surface area contributed by atoms with Crippen molar-refractivity contribution in [3.05, 3.63) is 201 Å². The van der Waals surface area contributed by atoms with E-state index >= 15 is 0 Å². The number of hydrogen-bond donors (Lipinski definition) is 1. The van der Waals surface area contributed by atoms with Crippen LogP contribution in [0.25, 0.3) is 4.85 Å². The maximum Gasteiger partial charge on any atom is 0.461 e. The van der Waals surface area contributed by atoms with Gasteiger partial charge in [-0.3, -0.25) is 4.85 Å². The summed E-state index contributed by atoms with van der Waals surface area (Å²) in [6.07, 6.45) is -19.4. The lowest BCUT2D eigenvalue weighted by atomic mass is 9.78. The summed E-state index contributed by atoms with van der Waals surface area (Å²) in [5.41, 5.74) is 4.51. The summed E-state index contributed by atoms with van der Waals surface area (Å²) in [6.45, 7) is 14.8. The first-order valence-corrected chi connectivity index (χ1v) is 22.8. The summed E-state index contributed by atoms with van der Waals surface area (Å²) in [4.78, 5) is 27.3. The van der Waals surface area contributed by atoms with Crippen LogP contribution in [-0.4, -0.2) is 63.4 Å². The van der Waals surface area contributed by atoms with Gasteiger partial charge in [0.1, 0.15) is 23.1 Å². The molecule has 2 N–H and O–H groups in total. The van der Waals surface area contributed by atoms with Crippen LogP contribution in [0.5, 0.6) is 23.0 Å². The Labute approximate surface area is 434 Å². The molecule has 0 aliphatic carbocycles. The quantitative estimate of drug-likeness (QED) is 0.0453. The van der Waals surface area contributed by atoms with E-state index in [1.807, 2.05) is 0 Å². The second-order valence-corrected chi connectivity index (χ2v) is 17.6. The molecule has 6 aromatic rings. The molecular formula is C55H48F12N2O8. The zero-order valence-corrected chi connectivity index (χ0v) is 41.6. The largest absolute Gasteiger partial charge is 0.488 e. The van der Waals surface area contributed by atoms with Gasteiger partial charge in [0.2, 0.25) is 0 Å². The van der Waals surface area contributed by atoms with Crippen LogP contribution in [0, 0.1) is 29.8 Å². The Bertz CT molecular complexity index is 3060. The summed E-state index contributed by atoms with van der Waals surface area (Å²) in [7, 11) is 2.42. The highest BCUT2D eigenvalue weighted by Gasteiger charge is 2.47. The van der Waals surface area contributed by atoms with Crippen LogP contribution in [0.2, 0.25) is 0 Å². The number of rotatable bonds is 20. The lowest BCUT2D eigenvalue weighted by Gasteiger charge is -2.32. The number of carbonyl (C=O) groups is 2. The Morgan fingerprint density at radius 3 is 1.32 bits per heavy atom. The van der Waals surface area contributed by atoms with E-state index in [1.165, 1.54) is 74.9 Å². The number of hydrogen-bond acceptors (Lipinski definition) is 9. The molecule has 0 aromatic heterocycles. The summed E-state index contributed by atoms with van der Waals surface area (Å²) in [5, 5.41) is 0. The SMILES string of the molecule is COC(=O)c1ccc(C[C@](N)(c2cc(F)cc(OC(F)(F)C(F)F)c2)c2ccc(F)c(OC(C)C)c2)cc1.[C-]#[N+][C@@](Cc1ccc(C(=O)OC)cc1)(c1cc(F)cc(OC(F)(F)C(F)F)c1)c1ccc(F)c(OC(C)C)c1. The van der Waals surface area contributed by atoms with Crippen molar-refractivity contribution in [3.8, 4) is 23.0 Å². The summed E-state index contributed by atoms with van der Waals surface area (Å²) < 4.78 is 192. The first kappa shape index (κ1) is 59.9. The average molecular weight is 1090 g/mol. The van der Waals surface area contributed by atoms with Gasteiger partial charge >= 0.3 is 37.0 Å². The van der Waals surface area contributed by atoms with E-state index in [1.54, 1.807) is 39.8 Å². The number of benzene rings is 6. The molecular weight excluding hydrogens is 1040 g/mol. The van der Waals surface area contributed by atoms with Gasteiger partial charge in [0.25, 0.3) is 5.54 Å². The number of carbonyl (C=O) groups excluding carboxylic acids is 2. The number of ether oxygens (including phenoxy) is 6. The van der Waals surface area contributed by atoms with Crippen molar-refractivity contribution in [2.75, 3.05) is 14.2 Å². The van der Waals surface area contributed by atoms with E-state index in [4.69, 9.17) is 21.8 Å². The molecule has 0 fully saturated rings. The fourth-order valence-electron chi connectivity index (χ4n) is 7.65. The van der Waals surface area contributed by atoms with E-state index in [-0.39, 0.29) is 57.7 Å². The molecule has 0 radical (unpaired) electrons. The Morgan fingerprint density at radius 2 is 0.922 bits per heavy atom. The molecule has 77 heavy (non-hydrogen) atoms. The van der Waals surface area contributed by atoms with E-state index in [9.17, 15) is 62.3 Å². The predicted octanol–water partition coefficient (Wildman–Crippen LogP) is 13.4. The fourth-order valence-corrected chi connectivity index (χ4v) is 7.65. The van der Waals surface area contributed by atoms with Crippen LogP contribution in [0.15, 0.2) is 121 Å². The number of alkyl halides is 8. The minimum atomic E-state index is -4.93. The zero-order valence-electron chi connectivity index (χ0n) is 41.6. The minimum absolute atomic E-state index is 0.101. The van der Waals surface area contributed by atoms with E-state index < -0.39 is 95.1 Å². The van der Waals surface area contributed by atoms with Crippen molar-refractivity contribution in [1.82, 2.24) is 0 Å². The van der Waals surface area contributed by atoms with Gasteiger partial charge in [-0.15, -0.1) is 0 Å². The molecule has 0 bridgehead atoms. The summed E-state index contributed by atoms with van der Waals surface area (Å²) >= 11 is 0. The van der Waals surface area contributed by atoms with Gasteiger partial charge < -0.3 is 34.2 Å². The van der Waals surface area contributed by atoms with Crippen molar-refractivity contribution in [2.45, 2.75) is 88.9 Å². The molecule has 0 unspecified atom stereocenters. The molecule has 410 valence electrons. The highest BCUT2D eigenvalue weighted by molar-refractivity contribution is 5.89. The fraction of sp³-hybridized carbons (Fsp3) is 0.291. The molecule has 0 aliphatic heterocycles. The van der Waals surface area contributed by atoms with Crippen molar-refractivity contribution in [3.63, 3.8) is 0 Å². The maximum absolute atomic E-state index is 14.7. The van der Waals surface area contributed by atoms with Gasteiger partial charge in [0, 0.05) is 23.3 Å². The first-order chi connectivity index (χ1) is 36.1. The van der Waals surface area contributed by atoms with E-state index in [0.717, 1.165) is 36.4 Å². The van der Waals surface area contributed by atoms with Gasteiger partial charge in [-0.1, -0.05) is 30.3 Å². The average Bonchev–Trinajstić information content (AvgIpc) is 3.36. The topological polar surface area (TPSA) is 120 Å². The van der Waals surface area contributed by atoms with Gasteiger partial charge in [0.05, 0.1) is 49.5 Å². The number of nitrogens with zero attached hydrogens (tertiary/aromatic N) is 1. The molecule has 10 nitrogen and oxygen atoms in total. The smallest absolute Gasteiger partial charge is 0.461 e. The standard InChI is InChI=1S/C28H23F6NO4.C27H25F6NO4/c1-16(2)38-24-13-19(9-10-23(24)30)27(35-3,15-17-5-7-18(8-6-17)25(36)37-4)20-11-21(29)14-22(12-20)39-28(33,34)26(31)32;1-15(2)37-23-12-18(8-9-22(23)29)26(34,14-16-4-6-17(7-5-16)24(35)36-3)19-10-20(28)13-21(11-19)38-27(32,33)25(30)31/h5-14,16,26H,15H2,1-2,4H3;4-13,15,25H,14,34H2,1-3H3/t27-;26-/m11/s1. The van der Waals surface area contributed by atoms with Crippen LogP contribution >= 0.6 is 0 Å². The van der Waals surface area contributed by atoms with E-state index in [2.05, 4.69) is 23.8 Å². The summed E-state index contributed by atoms with van der Waals surface area (Å²) in [6, 6.07) is 23.7. The van der Waals surface area contributed by atoms with Crippen molar-refractivity contribution < 1.29 is 90.7 Å². The number of halogens is 12. The molecule has 2 atom stereocenters. The van der Waals surface area contributed by atoms with Gasteiger partial charge in [-0.25, -0.2) is 33.7 Å². The third-order valence-electron chi connectivity index (χ3n) is 11.2. The Morgan fingerprint density at radius 1 is 0.532 bits per heavy atom. The summed E-state index contributed by atoms with van der Waals surface area (Å²) in [5.74, 6) is -7.07. The molecule has 0 saturated carbocycles. The third kappa shape index (κ3) is 14.9. The Balaban J connectivity index is 0.000000284. The number of nitrogens with two attached hydrogens (primary N) is 1. The van der Waals surface area contributed by atoms with Gasteiger partial charge in [0.15, 0.2) is 23.1 Å². The zero-order chi connectivity index (χ0) is 57.2. The van der Waals surface area contributed by atoms with Crippen LogP contribution in [0.4, 0.5) is 52.7 Å². The van der Waals surface area contributed by atoms with Gasteiger partial charge in [-0.2, -0.15) is 35.1 Å². The third-order valence-corrected chi connectivity index (χ3v) is 11.2. The first-order valence-electron chi connectivity index (χ1n) is 22.8. The highest BCUT2D eigenvalue weighted by atomic mass is 19.3. The Hall–Kier alpha value is -7.93.